The van der Waals surface area contributed by atoms with Crippen LogP contribution in [0.15, 0.2) is 12.1 Å². The third kappa shape index (κ3) is 2.81. The Morgan fingerprint density at radius 1 is 1.08 bits per heavy atom. The number of hydrogen-bond donors (Lipinski definition) is 0. The van der Waals surface area contributed by atoms with Crippen LogP contribution in [0.25, 0.3) is 0 Å². The van der Waals surface area contributed by atoms with Gasteiger partial charge >= 0.3 is 0 Å². The Labute approximate surface area is 158 Å². The van der Waals surface area contributed by atoms with Gasteiger partial charge in [-0.1, -0.05) is 6.92 Å². The van der Waals surface area contributed by atoms with E-state index in [9.17, 15) is 4.79 Å². The lowest BCUT2D eigenvalue weighted by molar-refractivity contribution is -0.129. The van der Waals surface area contributed by atoms with Gasteiger partial charge in [-0.05, 0) is 92.8 Å². The van der Waals surface area contributed by atoms with E-state index in [1.165, 1.54) is 17.5 Å². The first kappa shape index (κ1) is 18.1. The highest BCUT2D eigenvalue weighted by molar-refractivity contribution is 6.70. The average Bonchev–Trinajstić information content (AvgIpc) is 2.88. The van der Waals surface area contributed by atoms with Crippen LogP contribution in [0.1, 0.15) is 56.1 Å². The van der Waals surface area contributed by atoms with Crippen LogP contribution in [0.2, 0.25) is 19.6 Å². The fourth-order valence-electron chi connectivity index (χ4n) is 5.92. The molecule has 0 aromatic heterocycles. The molecule has 0 bridgehead atoms. The molecule has 4 unspecified atom stereocenters. The number of Topliss-reactive ketones (excluding diaryl/α,β-unsaturated/α-hetero) is 1. The minimum absolute atomic E-state index is 0.0528. The van der Waals surface area contributed by atoms with Crippen LogP contribution in [0.5, 0.6) is 11.5 Å². The fourth-order valence-corrected chi connectivity index (χ4v) is 6.74. The fraction of sp³-hybridized carbons (Fsp3) is 0.682. The molecule has 1 aromatic carbocycles. The number of carbonyl (C=O) groups excluding carboxylic acids is 1. The second kappa shape index (κ2) is 6.12. The minimum Gasteiger partial charge on any atom is -0.542 e. The summed E-state index contributed by atoms with van der Waals surface area (Å²) in [4.78, 5) is 12.5. The maximum absolute atomic E-state index is 12.5. The van der Waals surface area contributed by atoms with Crippen molar-refractivity contribution in [2.45, 2.75) is 71.0 Å². The predicted octanol–water partition coefficient (Wildman–Crippen LogP) is 5.33. The lowest BCUT2D eigenvalue weighted by Gasteiger charge is -2.48. The van der Waals surface area contributed by atoms with Gasteiger partial charge in [0.2, 0.25) is 8.32 Å². The average molecular weight is 373 g/mol. The quantitative estimate of drug-likeness (QED) is 0.672. The standard InChI is InChI=1S/C22H32O3Si/c1-22-11-10-15-16(18(22)8-9-21(22)23)7-6-14-12-19(24-2)20(13-17(14)15)25-26(3,4)5/h12-13,15-16,18H,6-11H2,1-5H3. The lowest BCUT2D eigenvalue weighted by atomic mass is 9.55. The summed E-state index contributed by atoms with van der Waals surface area (Å²) in [5.41, 5.74) is 2.85. The van der Waals surface area contributed by atoms with Crippen molar-refractivity contribution in [3.63, 3.8) is 0 Å². The van der Waals surface area contributed by atoms with E-state index in [-0.39, 0.29) is 5.41 Å². The summed E-state index contributed by atoms with van der Waals surface area (Å²) in [6.45, 7) is 8.88. The third-order valence-corrected chi connectivity index (χ3v) is 7.97. The molecular formula is C22H32O3Si. The van der Waals surface area contributed by atoms with Gasteiger partial charge < -0.3 is 9.16 Å². The number of ether oxygens (including phenoxy) is 1. The molecule has 0 aliphatic heterocycles. The highest BCUT2D eigenvalue weighted by Crippen LogP contribution is 2.60. The normalized spacial score (nSPS) is 33.3. The van der Waals surface area contributed by atoms with E-state index in [0.29, 0.717) is 23.5 Å². The van der Waals surface area contributed by atoms with Gasteiger partial charge in [0, 0.05) is 11.8 Å². The van der Waals surface area contributed by atoms with Crippen molar-refractivity contribution in [1.29, 1.82) is 0 Å². The van der Waals surface area contributed by atoms with Crippen LogP contribution in [0.4, 0.5) is 0 Å². The molecule has 0 heterocycles. The highest BCUT2D eigenvalue weighted by atomic mass is 28.4. The van der Waals surface area contributed by atoms with E-state index in [4.69, 9.17) is 9.16 Å². The summed E-state index contributed by atoms with van der Waals surface area (Å²) >= 11 is 0. The maximum Gasteiger partial charge on any atom is 0.242 e. The molecule has 4 rings (SSSR count). The van der Waals surface area contributed by atoms with Crippen LogP contribution in [-0.4, -0.2) is 21.2 Å². The van der Waals surface area contributed by atoms with E-state index >= 15 is 0 Å². The van der Waals surface area contributed by atoms with Gasteiger partial charge in [0.1, 0.15) is 11.5 Å². The second-order valence-electron chi connectivity index (χ2n) is 9.75. The van der Waals surface area contributed by atoms with E-state index in [1.54, 1.807) is 7.11 Å². The summed E-state index contributed by atoms with van der Waals surface area (Å²) in [6, 6.07) is 4.50. The number of aryl methyl sites for hydroxylation is 1. The lowest BCUT2D eigenvalue weighted by Crippen LogP contribution is -2.42. The van der Waals surface area contributed by atoms with Gasteiger partial charge in [-0.3, -0.25) is 4.79 Å². The molecule has 4 atom stereocenters. The highest BCUT2D eigenvalue weighted by Gasteiger charge is 2.54. The van der Waals surface area contributed by atoms with E-state index < -0.39 is 8.32 Å². The first-order valence-electron chi connectivity index (χ1n) is 10.2. The number of carbonyl (C=O) groups is 1. The zero-order chi connectivity index (χ0) is 18.7. The summed E-state index contributed by atoms with van der Waals surface area (Å²) in [7, 11) is 0.0351. The molecule has 0 N–H and O–H groups in total. The number of fused-ring (bicyclic) bond motifs is 5. The van der Waals surface area contributed by atoms with Gasteiger partial charge in [-0.2, -0.15) is 0 Å². The molecule has 2 fully saturated rings. The molecular weight excluding hydrogens is 340 g/mol. The van der Waals surface area contributed by atoms with Gasteiger partial charge in [-0.15, -0.1) is 0 Å². The molecule has 0 saturated heterocycles. The molecule has 3 aliphatic carbocycles. The number of benzene rings is 1. The van der Waals surface area contributed by atoms with Crippen molar-refractivity contribution < 1.29 is 14.0 Å². The molecule has 0 spiro atoms. The van der Waals surface area contributed by atoms with Crippen LogP contribution in [-0.2, 0) is 11.2 Å². The Bertz CT molecular complexity index is 736. The zero-order valence-electron chi connectivity index (χ0n) is 16.9. The monoisotopic (exact) mass is 372 g/mol. The van der Waals surface area contributed by atoms with E-state index in [2.05, 4.69) is 38.7 Å². The largest absolute Gasteiger partial charge is 0.542 e. The Morgan fingerprint density at radius 2 is 1.85 bits per heavy atom. The Morgan fingerprint density at radius 3 is 2.54 bits per heavy atom. The number of hydrogen-bond acceptors (Lipinski definition) is 3. The SMILES string of the molecule is COc1cc2c(cc1O[Si](C)(C)C)C1CCC3(C)C(=O)CCC3C1CC2. The maximum atomic E-state index is 12.5. The first-order chi connectivity index (χ1) is 12.2. The third-order valence-electron chi connectivity index (χ3n) is 7.13. The molecule has 3 aliphatic rings. The van der Waals surface area contributed by atoms with Crippen molar-refractivity contribution in [2.75, 3.05) is 7.11 Å². The van der Waals surface area contributed by atoms with Crippen LogP contribution >= 0.6 is 0 Å². The summed E-state index contributed by atoms with van der Waals surface area (Å²) < 4.78 is 12.0. The molecule has 2 saturated carbocycles. The van der Waals surface area contributed by atoms with Crippen LogP contribution in [0.3, 0.4) is 0 Å². The number of rotatable bonds is 3. The Balaban J connectivity index is 1.71. The minimum atomic E-state index is -1.70. The number of ketones is 1. The Hall–Kier alpha value is -1.29. The molecule has 142 valence electrons. The topological polar surface area (TPSA) is 35.5 Å². The summed E-state index contributed by atoms with van der Waals surface area (Å²) in [5, 5.41) is 0. The molecule has 1 aromatic rings. The van der Waals surface area contributed by atoms with Crippen LogP contribution < -0.4 is 9.16 Å². The van der Waals surface area contributed by atoms with Gasteiger partial charge in [0.05, 0.1) is 7.11 Å². The number of methoxy groups -OCH3 is 1. The predicted molar refractivity (Wildman–Crippen MR) is 107 cm³/mol. The first-order valence-corrected chi connectivity index (χ1v) is 13.6. The molecule has 0 radical (unpaired) electrons. The van der Waals surface area contributed by atoms with E-state index in [1.807, 2.05) is 0 Å². The zero-order valence-corrected chi connectivity index (χ0v) is 17.9. The van der Waals surface area contributed by atoms with Crippen molar-refractivity contribution in [3.8, 4) is 11.5 Å². The van der Waals surface area contributed by atoms with Crippen molar-refractivity contribution in [1.82, 2.24) is 0 Å². The van der Waals surface area contributed by atoms with Gasteiger partial charge in [0.15, 0.2) is 5.75 Å². The molecule has 0 amide bonds. The van der Waals surface area contributed by atoms with Gasteiger partial charge in [0.25, 0.3) is 0 Å². The van der Waals surface area contributed by atoms with Crippen molar-refractivity contribution in [3.05, 3.63) is 23.3 Å². The van der Waals surface area contributed by atoms with Crippen LogP contribution in [0, 0.1) is 17.3 Å². The smallest absolute Gasteiger partial charge is 0.242 e. The van der Waals surface area contributed by atoms with E-state index in [0.717, 1.165) is 43.6 Å². The molecule has 3 nitrogen and oxygen atoms in total. The van der Waals surface area contributed by atoms with Crippen molar-refractivity contribution in [2.24, 2.45) is 17.3 Å². The molecule has 4 heteroatoms. The Kier molecular flexibility index (Phi) is 4.25. The van der Waals surface area contributed by atoms with Crippen molar-refractivity contribution >= 4 is 14.1 Å². The molecule has 26 heavy (non-hydrogen) atoms. The van der Waals surface area contributed by atoms with Gasteiger partial charge in [-0.25, -0.2) is 0 Å². The summed E-state index contributed by atoms with van der Waals surface area (Å²) in [6.07, 6.45) is 6.38. The second-order valence-corrected chi connectivity index (χ2v) is 14.2. The summed E-state index contributed by atoms with van der Waals surface area (Å²) in [5.74, 6) is 4.12.